The molecule has 0 spiro atoms. The lowest BCUT2D eigenvalue weighted by Crippen LogP contribution is -2.35. The van der Waals surface area contributed by atoms with E-state index in [0.717, 1.165) is 49.1 Å². The first-order valence-electron chi connectivity index (χ1n) is 8.14. The molecule has 25 heavy (non-hydrogen) atoms. The molecule has 1 N–H and O–H groups in total. The Labute approximate surface area is 154 Å². The van der Waals surface area contributed by atoms with Crippen LogP contribution >= 0.6 is 11.6 Å². The normalized spacial score (nSPS) is 17.0. The standard InChI is InChI=1S/C16H21ClN4O3S/c1-24-15-9-14-12(8-13(15)17)16(19-10-18-14)21-6-3-11(4-7-21)2-5-20-25(22)23/h8-11,20H,2-7H2,1H3,(H,22,23)/p-1. The molecule has 3 rings (SSSR count). The van der Waals surface area contributed by atoms with Crippen LogP contribution in [0.4, 0.5) is 5.82 Å². The molecule has 1 aliphatic heterocycles. The fourth-order valence-electron chi connectivity index (χ4n) is 3.23. The van der Waals surface area contributed by atoms with Gasteiger partial charge in [-0.15, -0.1) is 0 Å². The van der Waals surface area contributed by atoms with Crippen LogP contribution in [0.2, 0.25) is 5.02 Å². The summed E-state index contributed by atoms with van der Waals surface area (Å²) in [6, 6.07) is 3.68. The van der Waals surface area contributed by atoms with E-state index in [1.165, 1.54) is 0 Å². The average molecular weight is 384 g/mol. The van der Waals surface area contributed by atoms with Crippen molar-refractivity contribution in [1.29, 1.82) is 0 Å². The minimum absolute atomic E-state index is 0.493. The van der Waals surface area contributed by atoms with Gasteiger partial charge < -0.3 is 14.2 Å². The van der Waals surface area contributed by atoms with Gasteiger partial charge in [-0.05, 0) is 31.2 Å². The molecule has 1 unspecified atom stereocenters. The van der Waals surface area contributed by atoms with E-state index in [0.29, 0.717) is 23.2 Å². The maximum Gasteiger partial charge on any atom is 0.139 e. The predicted octanol–water partition coefficient (Wildman–Crippen LogP) is 2.28. The maximum atomic E-state index is 10.5. The quantitative estimate of drug-likeness (QED) is 0.769. The van der Waals surface area contributed by atoms with E-state index in [-0.39, 0.29) is 0 Å². The van der Waals surface area contributed by atoms with Crippen molar-refractivity contribution in [1.82, 2.24) is 14.7 Å². The van der Waals surface area contributed by atoms with Crippen molar-refractivity contribution >= 4 is 39.6 Å². The Balaban J connectivity index is 1.71. The molecule has 1 saturated heterocycles. The van der Waals surface area contributed by atoms with E-state index >= 15 is 0 Å². The number of halogens is 1. The second-order valence-electron chi connectivity index (χ2n) is 6.05. The number of ether oxygens (including phenoxy) is 1. The van der Waals surface area contributed by atoms with Gasteiger partial charge in [-0.1, -0.05) is 11.6 Å². The Hall–Kier alpha value is -1.48. The number of fused-ring (bicyclic) bond motifs is 1. The molecule has 0 bridgehead atoms. The summed E-state index contributed by atoms with van der Waals surface area (Å²) in [5.74, 6) is 2.00. The van der Waals surface area contributed by atoms with Crippen LogP contribution in [0.15, 0.2) is 18.5 Å². The Kier molecular flexibility index (Phi) is 6.06. The number of aromatic nitrogens is 2. The largest absolute Gasteiger partial charge is 0.760 e. The van der Waals surface area contributed by atoms with Crippen molar-refractivity contribution < 1.29 is 13.5 Å². The molecular weight excluding hydrogens is 364 g/mol. The third-order valence-corrected chi connectivity index (χ3v) is 5.31. The first-order valence-corrected chi connectivity index (χ1v) is 9.59. The van der Waals surface area contributed by atoms with Gasteiger partial charge in [-0.2, -0.15) is 0 Å². The summed E-state index contributed by atoms with van der Waals surface area (Å²) < 4.78 is 28.7. The minimum Gasteiger partial charge on any atom is -0.760 e. The number of piperidine rings is 1. The first-order chi connectivity index (χ1) is 12.1. The summed E-state index contributed by atoms with van der Waals surface area (Å²) in [5.41, 5.74) is 0.801. The number of hydrogen-bond acceptors (Lipinski definition) is 6. The van der Waals surface area contributed by atoms with E-state index < -0.39 is 11.3 Å². The zero-order valence-electron chi connectivity index (χ0n) is 13.9. The highest BCUT2D eigenvalue weighted by molar-refractivity contribution is 7.77. The molecule has 136 valence electrons. The number of methoxy groups -OCH3 is 1. The van der Waals surface area contributed by atoms with Crippen molar-refractivity contribution in [3.05, 3.63) is 23.5 Å². The molecule has 2 aromatic rings. The van der Waals surface area contributed by atoms with Gasteiger partial charge in [0.05, 0.1) is 17.6 Å². The number of rotatable bonds is 6. The van der Waals surface area contributed by atoms with E-state index in [2.05, 4.69) is 19.6 Å². The van der Waals surface area contributed by atoms with E-state index in [1.807, 2.05) is 12.1 Å². The predicted molar refractivity (Wildman–Crippen MR) is 97.6 cm³/mol. The first kappa shape index (κ1) is 18.3. The third kappa shape index (κ3) is 4.38. The second kappa shape index (κ2) is 8.27. The van der Waals surface area contributed by atoms with Crippen LogP contribution in [0.25, 0.3) is 10.9 Å². The highest BCUT2D eigenvalue weighted by atomic mass is 35.5. The van der Waals surface area contributed by atoms with Crippen LogP contribution in [0.5, 0.6) is 5.75 Å². The molecule has 7 nitrogen and oxygen atoms in total. The van der Waals surface area contributed by atoms with Crippen molar-refractivity contribution in [2.24, 2.45) is 5.92 Å². The molecule has 2 heterocycles. The van der Waals surface area contributed by atoms with Gasteiger partial charge in [0.2, 0.25) is 0 Å². The zero-order valence-corrected chi connectivity index (χ0v) is 15.5. The summed E-state index contributed by atoms with van der Waals surface area (Å²) in [7, 11) is 1.58. The molecule has 1 aliphatic rings. The van der Waals surface area contributed by atoms with Gasteiger partial charge in [0, 0.05) is 42.4 Å². The van der Waals surface area contributed by atoms with E-state index in [1.54, 1.807) is 13.4 Å². The van der Waals surface area contributed by atoms with Gasteiger partial charge in [0.1, 0.15) is 17.9 Å². The maximum absolute atomic E-state index is 10.5. The lowest BCUT2D eigenvalue weighted by Gasteiger charge is -2.33. The number of hydrogen-bond donors (Lipinski definition) is 1. The number of anilines is 1. The smallest absolute Gasteiger partial charge is 0.139 e. The Morgan fingerprint density at radius 1 is 1.40 bits per heavy atom. The molecule has 0 amide bonds. The monoisotopic (exact) mass is 383 g/mol. The van der Waals surface area contributed by atoms with Gasteiger partial charge in [0.25, 0.3) is 0 Å². The summed E-state index contributed by atoms with van der Waals surface area (Å²) in [4.78, 5) is 11.0. The zero-order chi connectivity index (χ0) is 17.8. The van der Waals surface area contributed by atoms with Crippen LogP contribution in [-0.2, 0) is 11.3 Å². The molecule has 1 fully saturated rings. The summed E-state index contributed by atoms with van der Waals surface area (Å²) >= 11 is 4.09. The molecular formula is C16H20ClN4O3S-. The fraction of sp³-hybridized carbons (Fsp3) is 0.500. The van der Waals surface area contributed by atoms with Crippen molar-refractivity contribution in [3.8, 4) is 5.75 Å². The lowest BCUT2D eigenvalue weighted by atomic mass is 9.93. The highest BCUT2D eigenvalue weighted by Gasteiger charge is 2.22. The Morgan fingerprint density at radius 3 is 2.84 bits per heavy atom. The SMILES string of the molecule is COc1cc2ncnc(N3CCC(CCNS(=O)[O-])CC3)c2cc1Cl. The molecule has 9 heteroatoms. The van der Waals surface area contributed by atoms with Crippen molar-refractivity contribution in [3.63, 3.8) is 0 Å². The molecule has 0 saturated carbocycles. The molecule has 0 aliphatic carbocycles. The molecule has 1 aromatic carbocycles. The van der Waals surface area contributed by atoms with Crippen LogP contribution in [0.3, 0.4) is 0 Å². The number of nitrogens with one attached hydrogen (secondary N) is 1. The molecule has 0 radical (unpaired) electrons. The summed E-state index contributed by atoms with van der Waals surface area (Å²) in [5, 5.41) is 1.45. The van der Waals surface area contributed by atoms with Crippen molar-refractivity contribution in [2.75, 3.05) is 31.6 Å². The third-order valence-electron chi connectivity index (χ3n) is 4.57. The summed E-state index contributed by atoms with van der Waals surface area (Å²) in [6.07, 6.45) is 4.42. The molecule has 1 aromatic heterocycles. The van der Waals surface area contributed by atoms with E-state index in [9.17, 15) is 8.76 Å². The van der Waals surface area contributed by atoms with Gasteiger partial charge in [-0.25, -0.2) is 14.7 Å². The van der Waals surface area contributed by atoms with Gasteiger partial charge in [-0.3, -0.25) is 4.21 Å². The average Bonchev–Trinajstić information content (AvgIpc) is 2.61. The van der Waals surface area contributed by atoms with Crippen LogP contribution in [0.1, 0.15) is 19.3 Å². The van der Waals surface area contributed by atoms with Crippen LogP contribution < -0.4 is 14.4 Å². The topological polar surface area (TPSA) is 90.4 Å². The number of benzene rings is 1. The van der Waals surface area contributed by atoms with Gasteiger partial charge >= 0.3 is 0 Å². The molecule has 1 atom stereocenters. The van der Waals surface area contributed by atoms with E-state index in [4.69, 9.17) is 16.3 Å². The lowest BCUT2D eigenvalue weighted by molar-refractivity contribution is 0.380. The van der Waals surface area contributed by atoms with Crippen LogP contribution in [0, 0.1) is 5.92 Å². The minimum atomic E-state index is -2.18. The fourth-order valence-corrected chi connectivity index (χ4v) is 3.76. The highest BCUT2D eigenvalue weighted by Crippen LogP contribution is 2.34. The Morgan fingerprint density at radius 2 is 2.16 bits per heavy atom. The van der Waals surface area contributed by atoms with Crippen LogP contribution in [-0.4, -0.2) is 45.5 Å². The number of nitrogens with zero attached hydrogens (tertiary/aromatic N) is 3. The Bertz CT molecular complexity index is 768. The van der Waals surface area contributed by atoms with Crippen molar-refractivity contribution in [2.45, 2.75) is 19.3 Å². The summed E-state index contributed by atoms with van der Waals surface area (Å²) in [6.45, 7) is 2.24. The van der Waals surface area contributed by atoms with Gasteiger partial charge in [0.15, 0.2) is 0 Å². The second-order valence-corrected chi connectivity index (χ2v) is 7.21.